The molecule has 0 heterocycles. The molecule has 0 aromatic heterocycles. The lowest BCUT2D eigenvalue weighted by atomic mass is 10.1. The minimum Gasteiger partial charge on any atom is -0.491 e. The maximum atomic E-state index is 10.9. The van der Waals surface area contributed by atoms with Gasteiger partial charge in [-0.25, -0.2) is 0 Å². The molecule has 1 aromatic rings. The van der Waals surface area contributed by atoms with Crippen LogP contribution < -0.4 is 9.47 Å². The molecule has 0 amide bonds. The van der Waals surface area contributed by atoms with E-state index in [1.54, 1.807) is 6.07 Å². The number of ether oxygens (including phenoxy) is 2. The molecule has 6 heteroatoms. The molecule has 21 heavy (non-hydrogen) atoms. The minimum absolute atomic E-state index is 0.00144. The molecule has 1 N–H and O–H groups in total. The van der Waals surface area contributed by atoms with Crippen molar-refractivity contribution in [3.63, 3.8) is 0 Å². The Hall–Kier alpha value is -1.46. The standard InChI is InChI=1S/C15H22ClNO4/c1-4-6-17(10-14(18)19)9-11-7-12(16)15(20-3)13(8-11)21-5-2/h7-8H,4-6,9-10H2,1-3H3,(H,18,19). The average molecular weight is 316 g/mol. The predicted molar refractivity (Wildman–Crippen MR) is 82.4 cm³/mol. The Bertz CT molecular complexity index is 479. The summed E-state index contributed by atoms with van der Waals surface area (Å²) in [5.41, 5.74) is 0.902. The van der Waals surface area contributed by atoms with Gasteiger partial charge in [0.05, 0.1) is 25.3 Å². The van der Waals surface area contributed by atoms with E-state index < -0.39 is 5.97 Å². The van der Waals surface area contributed by atoms with Gasteiger partial charge in [-0.3, -0.25) is 9.69 Å². The van der Waals surface area contributed by atoms with Crippen LogP contribution in [0.4, 0.5) is 0 Å². The molecule has 0 fully saturated rings. The van der Waals surface area contributed by atoms with Crippen molar-refractivity contribution in [2.75, 3.05) is 26.8 Å². The topological polar surface area (TPSA) is 59.0 Å². The van der Waals surface area contributed by atoms with E-state index in [1.165, 1.54) is 7.11 Å². The zero-order valence-electron chi connectivity index (χ0n) is 12.7. The van der Waals surface area contributed by atoms with E-state index in [4.69, 9.17) is 26.2 Å². The number of methoxy groups -OCH3 is 1. The monoisotopic (exact) mass is 315 g/mol. The van der Waals surface area contributed by atoms with Crippen LogP contribution in [-0.2, 0) is 11.3 Å². The number of carboxylic acids is 1. The Kier molecular flexibility index (Phi) is 7.32. The molecule has 1 aromatic carbocycles. The lowest BCUT2D eigenvalue weighted by Crippen LogP contribution is -2.30. The number of benzene rings is 1. The molecule has 0 aliphatic rings. The first-order valence-electron chi connectivity index (χ1n) is 6.95. The number of hydrogen-bond acceptors (Lipinski definition) is 4. The minimum atomic E-state index is -0.840. The number of rotatable bonds is 9. The van der Waals surface area contributed by atoms with Crippen molar-refractivity contribution in [3.8, 4) is 11.5 Å². The smallest absolute Gasteiger partial charge is 0.317 e. The fraction of sp³-hybridized carbons (Fsp3) is 0.533. The lowest BCUT2D eigenvalue weighted by Gasteiger charge is -2.20. The summed E-state index contributed by atoms with van der Waals surface area (Å²) in [5.74, 6) is 0.241. The van der Waals surface area contributed by atoms with Gasteiger partial charge in [0.15, 0.2) is 11.5 Å². The molecule has 0 aliphatic heterocycles. The highest BCUT2D eigenvalue weighted by atomic mass is 35.5. The molecular formula is C15H22ClNO4. The summed E-state index contributed by atoms with van der Waals surface area (Å²) in [7, 11) is 1.54. The fourth-order valence-corrected chi connectivity index (χ4v) is 2.46. The number of carbonyl (C=O) groups is 1. The van der Waals surface area contributed by atoms with E-state index in [-0.39, 0.29) is 6.54 Å². The molecule has 0 atom stereocenters. The second kappa shape index (κ2) is 8.74. The zero-order valence-corrected chi connectivity index (χ0v) is 13.4. The Morgan fingerprint density at radius 2 is 2.10 bits per heavy atom. The van der Waals surface area contributed by atoms with Crippen LogP contribution in [0.3, 0.4) is 0 Å². The molecule has 0 unspecified atom stereocenters. The average Bonchev–Trinajstić information content (AvgIpc) is 2.38. The lowest BCUT2D eigenvalue weighted by molar-refractivity contribution is -0.138. The molecule has 0 aliphatic carbocycles. The molecule has 5 nitrogen and oxygen atoms in total. The van der Waals surface area contributed by atoms with Crippen molar-refractivity contribution in [1.82, 2.24) is 4.90 Å². The highest BCUT2D eigenvalue weighted by Gasteiger charge is 2.15. The second-order valence-corrected chi connectivity index (χ2v) is 5.05. The summed E-state index contributed by atoms with van der Waals surface area (Å²) in [6.45, 7) is 5.62. The Labute approximate surface area is 130 Å². The van der Waals surface area contributed by atoms with Crippen LogP contribution in [0.15, 0.2) is 12.1 Å². The van der Waals surface area contributed by atoms with Crippen LogP contribution in [0.1, 0.15) is 25.8 Å². The van der Waals surface area contributed by atoms with E-state index in [2.05, 4.69) is 0 Å². The normalized spacial score (nSPS) is 10.7. The van der Waals surface area contributed by atoms with Gasteiger partial charge >= 0.3 is 5.97 Å². The number of halogens is 1. The molecule has 0 radical (unpaired) electrons. The van der Waals surface area contributed by atoms with Crippen molar-refractivity contribution in [1.29, 1.82) is 0 Å². The van der Waals surface area contributed by atoms with Crippen LogP contribution >= 0.6 is 11.6 Å². The number of aliphatic carboxylic acids is 1. The van der Waals surface area contributed by atoms with Gasteiger partial charge in [0.2, 0.25) is 0 Å². The number of nitrogens with zero attached hydrogens (tertiary/aromatic N) is 1. The maximum Gasteiger partial charge on any atom is 0.317 e. The van der Waals surface area contributed by atoms with E-state index >= 15 is 0 Å². The van der Waals surface area contributed by atoms with E-state index in [1.807, 2.05) is 24.8 Å². The van der Waals surface area contributed by atoms with Crippen molar-refractivity contribution in [2.24, 2.45) is 0 Å². The highest BCUT2D eigenvalue weighted by molar-refractivity contribution is 6.32. The molecule has 0 saturated carbocycles. The summed E-state index contributed by atoms with van der Waals surface area (Å²) in [6.07, 6.45) is 0.884. The van der Waals surface area contributed by atoms with Crippen LogP contribution in [-0.4, -0.2) is 42.8 Å². The Morgan fingerprint density at radius 1 is 1.38 bits per heavy atom. The van der Waals surface area contributed by atoms with E-state index in [0.29, 0.717) is 36.2 Å². The van der Waals surface area contributed by atoms with Gasteiger partial charge in [-0.2, -0.15) is 0 Å². The molecule has 118 valence electrons. The van der Waals surface area contributed by atoms with Gasteiger partial charge < -0.3 is 14.6 Å². The second-order valence-electron chi connectivity index (χ2n) is 4.65. The van der Waals surface area contributed by atoms with E-state index in [9.17, 15) is 4.79 Å². The Balaban J connectivity index is 2.97. The van der Waals surface area contributed by atoms with Crippen LogP contribution in [0.2, 0.25) is 5.02 Å². The third kappa shape index (κ3) is 5.44. The third-order valence-electron chi connectivity index (χ3n) is 2.88. The highest BCUT2D eigenvalue weighted by Crippen LogP contribution is 2.36. The summed E-state index contributed by atoms with van der Waals surface area (Å²) in [6, 6.07) is 3.63. The number of carboxylic acid groups (broad SMARTS) is 1. The largest absolute Gasteiger partial charge is 0.491 e. The SMILES string of the molecule is CCCN(CC(=O)O)Cc1cc(Cl)c(OC)c(OCC)c1. The Morgan fingerprint density at radius 3 is 2.62 bits per heavy atom. The van der Waals surface area contributed by atoms with Crippen molar-refractivity contribution < 1.29 is 19.4 Å². The van der Waals surface area contributed by atoms with Crippen LogP contribution in [0.25, 0.3) is 0 Å². The van der Waals surface area contributed by atoms with Crippen molar-refractivity contribution in [3.05, 3.63) is 22.7 Å². The van der Waals surface area contributed by atoms with Crippen molar-refractivity contribution in [2.45, 2.75) is 26.8 Å². The predicted octanol–water partition coefficient (Wildman–Crippen LogP) is 3.04. The summed E-state index contributed by atoms with van der Waals surface area (Å²) in [5, 5.41) is 9.41. The quantitative estimate of drug-likeness (QED) is 0.759. The van der Waals surface area contributed by atoms with Gasteiger partial charge in [-0.05, 0) is 37.6 Å². The van der Waals surface area contributed by atoms with Crippen molar-refractivity contribution >= 4 is 17.6 Å². The van der Waals surface area contributed by atoms with Crippen LogP contribution in [0.5, 0.6) is 11.5 Å². The maximum absolute atomic E-state index is 10.9. The molecule has 0 saturated heterocycles. The van der Waals surface area contributed by atoms with Gasteiger partial charge in [-0.1, -0.05) is 18.5 Å². The molecule has 1 rings (SSSR count). The summed E-state index contributed by atoms with van der Waals surface area (Å²) < 4.78 is 10.8. The van der Waals surface area contributed by atoms with Gasteiger partial charge in [0.25, 0.3) is 0 Å². The van der Waals surface area contributed by atoms with Gasteiger partial charge in [0.1, 0.15) is 0 Å². The molecular weight excluding hydrogens is 294 g/mol. The number of hydrogen-bond donors (Lipinski definition) is 1. The zero-order chi connectivity index (χ0) is 15.8. The molecule has 0 bridgehead atoms. The van der Waals surface area contributed by atoms with Crippen LogP contribution in [0, 0.1) is 0 Å². The van der Waals surface area contributed by atoms with Gasteiger partial charge in [0, 0.05) is 6.54 Å². The third-order valence-corrected chi connectivity index (χ3v) is 3.16. The summed E-state index contributed by atoms with van der Waals surface area (Å²) >= 11 is 6.20. The van der Waals surface area contributed by atoms with E-state index in [0.717, 1.165) is 12.0 Å². The molecule has 0 spiro atoms. The first kappa shape index (κ1) is 17.6. The first-order chi connectivity index (χ1) is 10.0. The summed E-state index contributed by atoms with van der Waals surface area (Å²) in [4.78, 5) is 12.8. The van der Waals surface area contributed by atoms with Gasteiger partial charge in [-0.15, -0.1) is 0 Å². The first-order valence-corrected chi connectivity index (χ1v) is 7.32. The fourth-order valence-electron chi connectivity index (χ4n) is 2.15.